The summed E-state index contributed by atoms with van der Waals surface area (Å²) in [5.41, 5.74) is 0.894. The Kier molecular flexibility index (Phi) is 3.00. The molecule has 3 aromatic rings. The van der Waals surface area contributed by atoms with E-state index in [4.69, 9.17) is 4.74 Å². The number of benzene rings is 1. The third-order valence-electron chi connectivity index (χ3n) is 2.89. The summed E-state index contributed by atoms with van der Waals surface area (Å²) in [6.07, 6.45) is -2.17. The van der Waals surface area contributed by atoms with Crippen LogP contribution in [0.25, 0.3) is 16.9 Å². The van der Waals surface area contributed by atoms with Gasteiger partial charge < -0.3 is 4.74 Å². The lowest BCUT2D eigenvalue weighted by atomic mass is 10.3. The molecule has 0 N–H and O–H groups in total. The number of para-hydroxylation sites is 2. The summed E-state index contributed by atoms with van der Waals surface area (Å²) in [6.45, 7) is 0. The highest BCUT2D eigenvalue weighted by atomic mass is 19.4. The lowest BCUT2D eigenvalue weighted by molar-refractivity contribution is -0.144. The number of rotatable bonds is 2. The summed E-state index contributed by atoms with van der Waals surface area (Å²) in [4.78, 5) is 10.9. The summed E-state index contributed by atoms with van der Waals surface area (Å²) >= 11 is 0. The number of alkyl halides is 3. The SMILES string of the molecule is COc1ccccc1-n1cnc2cnc(C(F)(F)F)nc21. The van der Waals surface area contributed by atoms with Crippen molar-refractivity contribution in [3.8, 4) is 11.4 Å². The Morgan fingerprint density at radius 3 is 2.62 bits per heavy atom. The van der Waals surface area contributed by atoms with Crippen LogP contribution in [-0.4, -0.2) is 26.6 Å². The smallest absolute Gasteiger partial charge is 0.451 e. The van der Waals surface area contributed by atoms with Crippen molar-refractivity contribution in [3.05, 3.63) is 42.6 Å². The van der Waals surface area contributed by atoms with Crippen LogP contribution in [-0.2, 0) is 6.18 Å². The number of imidazole rings is 1. The Morgan fingerprint density at radius 2 is 1.90 bits per heavy atom. The number of halogens is 3. The Hall–Kier alpha value is -2.64. The average Bonchev–Trinajstić information content (AvgIpc) is 2.89. The van der Waals surface area contributed by atoms with Crippen molar-refractivity contribution in [2.45, 2.75) is 6.18 Å². The van der Waals surface area contributed by atoms with E-state index < -0.39 is 12.0 Å². The van der Waals surface area contributed by atoms with Crippen LogP contribution < -0.4 is 4.74 Å². The molecule has 0 unspecified atom stereocenters. The van der Waals surface area contributed by atoms with Crippen LogP contribution in [0, 0.1) is 0 Å². The number of fused-ring (bicyclic) bond motifs is 1. The normalized spacial score (nSPS) is 11.8. The summed E-state index contributed by atoms with van der Waals surface area (Å²) < 4.78 is 44.8. The minimum Gasteiger partial charge on any atom is -0.495 e. The van der Waals surface area contributed by atoms with E-state index in [-0.39, 0.29) is 11.2 Å². The second kappa shape index (κ2) is 4.72. The van der Waals surface area contributed by atoms with E-state index in [0.29, 0.717) is 11.4 Å². The quantitative estimate of drug-likeness (QED) is 0.729. The first-order valence-electron chi connectivity index (χ1n) is 5.91. The van der Waals surface area contributed by atoms with Crippen LogP contribution in [0.3, 0.4) is 0 Å². The van der Waals surface area contributed by atoms with E-state index in [1.807, 2.05) is 0 Å². The molecule has 3 rings (SSSR count). The van der Waals surface area contributed by atoms with Crippen LogP contribution in [0.15, 0.2) is 36.8 Å². The lowest BCUT2D eigenvalue weighted by Gasteiger charge is -2.10. The minimum atomic E-state index is -4.61. The van der Waals surface area contributed by atoms with Crippen molar-refractivity contribution in [1.29, 1.82) is 0 Å². The van der Waals surface area contributed by atoms with Gasteiger partial charge in [-0.2, -0.15) is 13.2 Å². The first-order chi connectivity index (χ1) is 10.0. The molecule has 21 heavy (non-hydrogen) atoms. The third-order valence-corrected chi connectivity index (χ3v) is 2.89. The first-order valence-corrected chi connectivity index (χ1v) is 5.91. The zero-order valence-corrected chi connectivity index (χ0v) is 10.8. The largest absolute Gasteiger partial charge is 0.495 e. The second-order valence-corrected chi connectivity index (χ2v) is 4.19. The highest BCUT2D eigenvalue weighted by molar-refractivity contribution is 5.73. The van der Waals surface area contributed by atoms with E-state index in [2.05, 4.69) is 15.0 Å². The summed E-state index contributed by atoms with van der Waals surface area (Å²) in [6, 6.07) is 6.91. The van der Waals surface area contributed by atoms with Gasteiger partial charge in [-0.15, -0.1) is 0 Å². The highest BCUT2D eigenvalue weighted by Gasteiger charge is 2.35. The maximum Gasteiger partial charge on any atom is 0.451 e. The van der Waals surface area contributed by atoms with Crippen molar-refractivity contribution >= 4 is 11.2 Å². The number of hydrogen-bond donors (Lipinski definition) is 0. The third kappa shape index (κ3) is 2.28. The zero-order chi connectivity index (χ0) is 15.0. The topological polar surface area (TPSA) is 52.8 Å². The molecule has 0 amide bonds. The molecule has 8 heteroatoms. The molecule has 1 aromatic carbocycles. The number of aromatic nitrogens is 4. The molecule has 0 fully saturated rings. The van der Waals surface area contributed by atoms with Crippen molar-refractivity contribution in [2.24, 2.45) is 0 Å². The fraction of sp³-hybridized carbons (Fsp3) is 0.154. The summed E-state index contributed by atoms with van der Waals surface area (Å²) in [5.74, 6) is -0.699. The van der Waals surface area contributed by atoms with Crippen molar-refractivity contribution < 1.29 is 17.9 Å². The van der Waals surface area contributed by atoms with Gasteiger partial charge in [0.2, 0.25) is 5.82 Å². The van der Waals surface area contributed by atoms with E-state index >= 15 is 0 Å². The Balaban J connectivity index is 2.24. The van der Waals surface area contributed by atoms with Gasteiger partial charge in [0.15, 0.2) is 5.65 Å². The van der Waals surface area contributed by atoms with Gasteiger partial charge in [-0.05, 0) is 12.1 Å². The molecule has 0 saturated carbocycles. The van der Waals surface area contributed by atoms with Crippen LogP contribution >= 0.6 is 0 Å². The molecule has 2 aromatic heterocycles. The van der Waals surface area contributed by atoms with E-state index in [1.165, 1.54) is 18.0 Å². The van der Waals surface area contributed by atoms with Gasteiger partial charge >= 0.3 is 6.18 Å². The minimum absolute atomic E-state index is 0.0711. The van der Waals surface area contributed by atoms with E-state index in [0.717, 1.165) is 6.20 Å². The number of nitrogens with zero attached hydrogens (tertiary/aromatic N) is 4. The predicted octanol–water partition coefficient (Wildman–Crippen LogP) is 2.84. The van der Waals surface area contributed by atoms with Gasteiger partial charge in [0, 0.05) is 0 Å². The molecule has 0 aliphatic rings. The van der Waals surface area contributed by atoms with E-state index in [1.54, 1.807) is 24.3 Å². The molecule has 0 radical (unpaired) electrons. The van der Waals surface area contributed by atoms with Gasteiger partial charge in [0.25, 0.3) is 0 Å². The number of methoxy groups -OCH3 is 1. The predicted molar refractivity (Wildman–Crippen MR) is 68.2 cm³/mol. The van der Waals surface area contributed by atoms with Crippen LogP contribution in [0.2, 0.25) is 0 Å². The van der Waals surface area contributed by atoms with E-state index in [9.17, 15) is 13.2 Å². The molecule has 0 atom stereocenters. The maximum absolute atomic E-state index is 12.7. The first kappa shape index (κ1) is 13.3. The van der Waals surface area contributed by atoms with Gasteiger partial charge in [-0.25, -0.2) is 15.0 Å². The number of ether oxygens (including phenoxy) is 1. The molecule has 0 bridgehead atoms. The van der Waals surface area contributed by atoms with Gasteiger partial charge in [-0.1, -0.05) is 12.1 Å². The molecule has 0 aliphatic heterocycles. The average molecular weight is 294 g/mol. The zero-order valence-electron chi connectivity index (χ0n) is 10.8. The molecule has 0 aliphatic carbocycles. The summed E-state index contributed by atoms with van der Waals surface area (Å²) in [7, 11) is 1.48. The molecule has 0 spiro atoms. The molecule has 2 heterocycles. The van der Waals surface area contributed by atoms with Crippen molar-refractivity contribution in [1.82, 2.24) is 19.5 Å². The molecule has 5 nitrogen and oxygen atoms in total. The van der Waals surface area contributed by atoms with Crippen LogP contribution in [0.1, 0.15) is 5.82 Å². The van der Waals surface area contributed by atoms with Gasteiger partial charge in [0.1, 0.15) is 17.6 Å². The van der Waals surface area contributed by atoms with Crippen LogP contribution in [0.4, 0.5) is 13.2 Å². The Morgan fingerprint density at radius 1 is 1.14 bits per heavy atom. The monoisotopic (exact) mass is 294 g/mol. The second-order valence-electron chi connectivity index (χ2n) is 4.19. The standard InChI is InChI=1S/C13H9F3N4O/c1-21-10-5-3-2-4-9(10)20-7-18-8-6-17-12(13(14,15)16)19-11(8)20/h2-7H,1H3. The molecule has 0 saturated heterocycles. The number of hydrogen-bond acceptors (Lipinski definition) is 4. The fourth-order valence-corrected chi connectivity index (χ4v) is 1.95. The van der Waals surface area contributed by atoms with Crippen molar-refractivity contribution in [2.75, 3.05) is 7.11 Å². The molecular formula is C13H9F3N4O. The molecular weight excluding hydrogens is 285 g/mol. The van der Waals surface area contributed by atoms with Crippen LogP contribution in [0.5, 0.6) is 5.75 Å². The highest BCUT2D eigenvalue weighted by Crippen LogP contribution is 2.29. The van der Waals surface area contributed by atoms with Crippen molar-refractivity contribution in [3.63, 3.8) is 0 Å². The fourth-order valence-electron chi connectivity index (χ4n) is 1.95. The molecule has 108 valence electrons. The lowest BCUT2D eigenvalue weighted by Crippen LogP contribution is -2.11. The Bertz CT molecular complexity index is 797. The van der Waals surface area contributed by atoms with Gasteiger partial charge in [0.05, 0.1) is 19.0 Å². The van der Waals surface area contributed by atoms with Gasteiger partial charge in [-0.3, -0.25) is 4.57 Å². The summed E-state index contributed by atoms with van der Waals surface area (Å²) in [5, 5.41) is 0. The maximum atomic E-state index is 12.7. The Labute approximate surface area is 117 Å².